The minimum absolute atomic E-state index is 0.0610. The predicted octanol–water partition coefficient (Wildman–Crippen LogP) is 3.99. The second-order valence-electron chi connectivity index (χ2n) is 6.28. The number of hydrogen-bond acceptors (Lipinski definition) is 3. The van der Waals surface area contributed by atoms with Gasteiger partial charge < -0.3 is 10.4 Å². The van der Waals surface area contributed by atoms with Crippen LogP contribution < -0.4 is 5.32 Å². The number of benzene rings is 2. The van der Waals surface area contributed by atoms with Gasteiger partial charge in [-0.3, -0.25) is 14.2 Å². The van der Waals surface area contributed by atoms with E-state index in [1.54, 1.807) is 38.1 Å². The molecule has 0 saturated carbocycles. The molecule has 0 saturated heterocycles. The largest absolute Gasteiger partial charge is 0.505 e. The van der Waals surface area contributed by atoms with Gasteiger partial charge in [0.05, 0.1) is 11.4 Å². The Morgan fingerprint density at radius 2 is 1.81 bits per heavy atom. The first-order chi connectivity index (χ1) is 12.8. The van der Waals surface area contributed by atoms with E-state index in [-0.39, 0.29) is 22.7 Å². The van der Waals surface area contributed by atoms with Crippen LogP contribution in [0, 0.1) is 12.7 Å². The van der Waals surface area contributed by atoms with Crippen LogP contribution in [0.5, 0.6) is 5.75 Å². The van der Waals surface area contributed by atoms with Gasteiger partial charge in [-0.15, -0.1) is 0 Å². The van der Waals surface area contributed by atoms with Gasteiger partial charge in [0.15, 0.2) is 11.6 Å². The van der Waals surface area contributed by atoms with Crippen LogP contribution in [-0.4, -0.2) is 28.5 Å². The van der Waals surface area contributed by atoms with Gasteiger partial charge in [-0.25, -0.2) is 4.39 Å². The highest BCUT2D eigenvalue weighted by Crippen LogP contribution is 2.37. The summed E-state index contributed by atoms with van der Waals surface area (Å²) in [7, 11) is 1.49. The Morgan fingerprint density at radius 3 is 2.41 bits per heavy atom. The van der Waals surface area contributed by atoms with E-state index < -0.39 is 17.5 Å². The predicted molar refractivity (Wildman–Crippen MR) is 102 cm³/mol. The average Bonchev–Trinajstić information content (AvgIpc) is 2.96. The van der Waals surface area contributed by atoms with Crippen molar-refractivity contribution < 1.29 is 19.1 Å². The Bertz CT molecular complexity index is 1060. The van der Waals surface area contributed by atoms with Gasteiger partial charge in [-0.05, 0) is 55.8 Å². The minimum Gasteiger partial charge on any atom is -0.505 e. The summed E-state index contributed by atoms with van der Waals surface area (Å²) in [6, 6.07) is 9.00. The van der Waals surface area contributed by atoms with Crippen LogP contribution in [0.25, 0.3) is 10.9 Å². The second kappa shape index (κ2) is 7.04. The summed E-state index contributed by atoms with van der Waals surface area (Å²) in [5.74, 6) is -2.81. The zero-order chi connectivity index (χ0) is 19.9. The number of aromatic hydroxyl groups is 1. The molecule has 140 valence electrons. The number of carbonyl (C=O) groups excluding carboxylic acids is 2. The second-order valence-corrected chi connectivity index (χ2v) is 6.71. The summed E-state index contributed by atoms with van der Waals surface area (Å²) < 4.78 is 16.1. The molecule has 1 atom stereocenters. The van der Waals surface area contributed by atoms with E-state index in [9.17, 15) is 19.1 Å². The Labute approximate surface area is 160 Å². The van der Waals surface area contributed by atoms with Crippen LogP contribution in [-0.2, 0) is 4.79 Å². The van der Waals surface area contributed by atoms with E-state index in [1.807, 2.05) is 0 Å². The molecule has 2 N–H and O–H groups in total. The molecule has 0 spiro atoms. The quantitative estimate of drug-likeness (QED) is 0.712. The first-order valence-electron chi connectivity index (χ1n) is 8.32. The highest BCUT2D eigenvalue weighted by molar-refractivity contribution is 6.30. The normalized spacial score (nSPS) is 12.2. The number of carbonyl (C=O) groups is 2. The number of amides is 1. The van der Waals surface area contributed by atoms with Crippen molar-refractivity contribution in [1.82, 2.24) is 9.88 Å². The van der Waals surface area contributed by atoms with Crippen LogP contribution in [0.4, 0.5) is 4.39 Å². The van der Waals surface area contributed by atoms with Crippen LogP contribution >= 0.6 is 11.6 Å². The number of likely N-dealkylation sites (N-methyl/N-ethyl adjacent to an activating group) is 1. The van der Waals surface area contributed by atoms with Crippen molar-refractivity contribution in [2.24, 2.45) is 0 Å². The molecule has 0 unspecified atom stereocenters. The van der Waals surface area contributed by atoms with Gasteiger partial charge in [0.25, 0.3) is 5.91 Å². The van der Waals surface area contributed by atoms with E-state index >= 15 is 0 Å². The zero-order valence-electron chi connectivity index (χ0n) is 15.0. The number of rotatable bonds is 3. The number of fused-ring (bicyclic) bond motifs is 1. The molecule has 27 heavy (non-hydrogen) atoms. The van der Waals surface area contributed by atoms with E-state index in [0.29, 0.717) is 21.8 Å². The molecule has 5 nitrogen and oxygen atoms in total. The molecule has 0 fully saturated rings. The lowest BCUT2D eigenvalue weighted by molar-refractivity contribution is -0.121. The van der Waals surface area contributed by atoms with Crippen molar-refractivity contribution in [2.45, 2.75) is 19.8 Å². The third-order valence-electron chi connectivity index (χ3n) is 4.70. The number of nitrogens with one attached hydrogen (secondary N) is 1. The van der Waals surface area contributed by atoms with Crippen molar-refractivity contribution >= 4 is 34.3 Å². The zero-order valence-corrected chi connectivity index (χ0v) is 15.8. The fourth-order valence-corrected chi connectivity index (χ4v) is 3.47. The molecule has 0 aliphatic heterocycles. The summed E-state index contributed by atoms with van der Waals surface area (Å²) in [6.07, 6.45) is 0. The summed E-state index contributed by atoms with van der Waals surface area (Å²) in [5.41, 5.74) is 1.45. The van der Waals surface area contributed by atoms with Gasteiger partial charge in [0.2, 0.25) is 5.91 Å². The summed E-state index contributed by atoms with van der Waals surface area (Å²) >= 11 is 5.88. The third-order valence-corrected chi connectivity index (χ3v) is 4.95. The number of hydrogen-bond donors (Lipinski definition) is 2. The highest BCUT2D eigenvalue weighted by Gasteiger charge is 2.28. The molecular weight excluding hydrogens is 371 g/mol. The number of nitrogens with zero attached hydrogens (tertiary/aromatic N) is 1. The van der Waals surface area contributed by atoms with Crippen LogP contribution in [0.2, 0.25) is 5.02 Å². The lowest BCUT2D eigenvalue weighted by Crippen LogP contribution is -2.24. The summed E-state index contributed by atoms with van der Waals surface area (Å²) in [6.45, 7) is 3.28. The topological polar surface area (TPSA) is 71.3 Å². The Balaban J connectivity index is 2.32. The van der Waals surface area contributed by atoms with E-state index in [1.165, 1.54) is 23.7 Å². The first kappa shape index (κ1) is 18.9. The average molecular weight is 389 g/mol. The standard InChI is InChI=1S/C20H18ClFN2O3/c1-10(19(26)23-3)16-11(2)24(14-8-9-15(25)18(22)17(14)16)20(27)12-4-6-13(21)7-5-12/h4-10,25H,1-3H3,(H,23,26)/t10-/m0/s1. The van der Waals surface area contributed by atoms with Crippen molar-refractivity contribution in [1.29, 1.82) is 0 Å². The maximum Gasteiger partial charge on any atom is 0.262 e. The van der Waals surface area contributed by atoms with Gasteiger partial charge in [0.1, 0.15) is 0 Å². The maximum atomic E-state index is 14.8. The molecule has 1 amide bonds. The Morgan fingerprint density at radius 1 is 1.19 bits per heavy atom. The molecule has 3 rings (SSSR count). The van der Waals surface area contributed by atoms with Crippen molar-refractivity contribution in [3.8, 4) is 5.75 Å². The molecule has 7 heteroatoms. The SMILES string of the molecule is CNC(=O)[C@@H](C)c1c(C)n(C(=O)c2ccc(Cl)cc2)c2ccc(O)c(F)c12. The van der Waals surface area contributed by atoms with E-state index in [0.717, 1.165) is 0 Å². The van der Waals surface area contributed by atoms with Gasteiger partial charge in [0, 0.05) is 28.7 Å². The molecule has 1 heterocycles. The summed E-state index contributed by atoms with van der Waals surface area (Å²) in [5, 5.41) is 12.9. The fraction of sp³-hybridized carbons (Fsp3) is 0.200. The van der Waals surface area contributed by atoms with Gasteiger partial charge >= 0.3 is 0 Å². The number of aromatic nitrogens is 1. The fourth-order valence-electron chi connectivity index (χ4n) is 3.34. The van der Waals surface area contributed by atoms with Crippen molar-refractivity contribution in [2.75, 3.05) is 7.05 Å². The maximum absolute atomic E-state index is 14.8. The lowest BCUT2D eigenvalue weighted by Gasteiger charge is -2.12. The Kier molecular flexibility index (Phi) is 4.93. The van der Waals surface area contributed by atoms with Crippen molar-refractivity contribution in [3.63, 3.8) is 0 Å². The number of phenolic OH excluding ortho intramolecular Hbond substituents is 1. The number of phenols is 1. The van der Waals surface area contributed by atoms with Crippen LogP contribution in [0.3, 0.4) is 0 Å². The molecule has 0 aliphatic carbocycles. The monoisotopic (exact) mass is 388 g/mol. The Hall–Kier alpha value is -2.86. The third kappa shape index (κ3) is 3.06. The highest BCUT2D eigenvalue weighted by atomic mass is 35.5. The first-order valence-corrected chi connectivity index (χ1v) is 8.70. The van der Waals surface area contributed by atoms with Crippen LogP contribution in [0.15, 0.2) is 36.4 Å². The molecule has 1 aromatic heterocycles. The molecule has 0 radical (unpaired) electrons. The van der Waals surface area contributed by atoms with Crippen molar-refractivity contribution in [3.05, 3.63) is 64.1 Å². The smallest absolute Gasteiger partial charge is 0.262 e. The molecule has 0 bridgehead atoms. The minimum atomic E-state index is -0.857. The van der Waals surface area contributed by atoms with E-state index in [4.69, 9.17) is 11.6 Å². The van der Waals surface area contributed by atoms with Crippen LogP contribution in [0.1, 0.15) is 34.5 Å². The van der Waals surface area contributed by atoms with Gasteiger partial charge in [-0.1, -0.05) is 11.6 Å². The van der Waals surface area contributed by atoms with E-state index in [2.05, 4.69) is 5.32 Å². The molecule has 3 aromatic rings. The number of halogens is 2. The molecular formula is C20H18ClFN2O3. The molecule has 2 aromatic carbocycles. The lowest BCUT2D eigenvalue weighted by atomic mass is 9.96. The summed E-state index contributed by atoms with van der Waals surface area (Å²) in [4.78, 5) is 25.3. The van der Waals surface area contributed by atoms with Gasteiger partial charge in [-0.2, -0.15) is 0 Å². The molecule has 0 aliphatic rings.